The lowest BCUT2D eigenvalue weighted by atomic mass is 10.1. The molecule has 2 aromatic rings. The number of benzene rings is 1. The zero-order chi connectivity index (χ0) is 12.6. The summed E-state index contributed by atoms with van der Waals surface area (Å²) in [7, 11) is 3.40. The molecule has 1 amide bonds. The maximum Gasteiger partial charge on any atom is 0.272 e. The predicted molar refractivity (Wildman–Crippen MR) is 71.9 cm³/mol. The smallest absolute Gasteiger partial charge is 0.272 e. The van der Waals surface area contributed by atoms with Crippen LogP contribution in [-0.4, -0.2) is 29.9 Å². The number of fused-ring (bicyclic) bond motifs is 1. The number of pyridine rings is 1. The molecule has 0 atom stereocenters. The van der Waals surface area contributed by atoms with Gasteiger partial charge in [0.05, 0.1) is 0 Å². The maximum atomic E-state index is 12.0. The molecule has 0 saturated heterocycles. The molecule has 2 rings (SSSR count). The third-order valence-electron chi connectivity index (χ3n) is 2.49. The minimum atomic E-state index is -0.131. The van der Waals surface area contributed by atoms with Crippen molar-refractivity contribution >= 4 is 38.3 Å². The summed E-state index contributed by atoms with van der Waals surface area (Å²) in [6.07, 6.45) is 1.60. The summed E-state index contributed by atoms with van der Waals surface area (Å²) in [5.41, 5.74) is 6.97. The molecule has 2 N–H and O–H groups in total. The van der Waals surface area contributed by atoms with Crippen LogP contribution in [0.4, 0.5) is 5.69 Å². The van der Waals surface area contributed by atoms with E-state index in [9.17, 15) is 4.79 Å². The molecule has 0 aliphatic carbocycles. The molecule has 5 heteroatoms. The topological polar surface area (TPSA) is 59.2 Å². The second-order valence-electron chi connectivity index (χ2n) is 3.95. The third kappa shape index (κ3) is 2.10. The fourth-order valence-corrected chi connectivity index (χ4v) is 2.13. The first-order valence-corrected chi connectivity index (χ1v) is 5.85. The van der Waals surface area contributed by atoms with Crippen molar-refractivity contribution in [2.24, 2.45) is 0 Å². The van der Waals surface area contributed by atoms with E-state index < -0.39 is 0 Å². The van der Waals surface area contributed by atoms with Gasteiger partial charge in [0.2, 0.25) is 0 Å². The number of amides is 1. The molecule has 17 heavy (non-hydrogen) atoms. The summed E-state index contributed by atoms with van der Waals surface area (Å²) < 4.78 is 0.836. The lowest BCUT2D eigenvalue weighted by Crippen LogP contribution is -2.23. The number of nitrogens with two attached hydrogens (primary N) is 1. The van der Waals surface area contributed by atoms with Crippen molar-refractivity contribution < 1.29 is 4.79 Å². The van der Waals surface area contributed by atoms with E-state index in [1.54, 1.807) is 20.3 Å². The molecule has 1 heterocycles. The van der Waals surface area contributed by atoms with Crippen LogP contribution in [0.1, 0.15) is 10.5 Å². The van der Waals surface area contributed by atoms with E-state index in [0.717, 1.165) is 15.2 Å². The Bertz CT molecular complexity index is 596. The number of hydrogen-bond acceptors (Lipinski definition) is 3. The lowest BCUT2D eigenvalue weighted by Gasteiger charge is -2.12. The van der Waals surface area contributed by atoms with E-state index in [1.807, 2.05) is 18.2 Å². The minimum Gasteiger partial charge on any atom is -0.398 e. The summed E-state index contributed by atoms with van der Waals surface area (Å²) in [6, 6.07) is 5.48. The molecule has 1 aromatic carbocycles. The van der Waals surface area contributed by atoms with E-state index in [0.29, 0.717) is 11.4 Å². The first kappa shape index (κ1) is 11.9. The van der Waals surface area contributed by atoms with Crippen LogP contribution in [0, 0.1) is 0 Å². The molecule has 0 bridgehead atoms. The Hall–Kier alpha value is -1.62. The normalized spacial score (nSPS) is 10.5. The Balaban J connectivity index is 2.77. The number of nitrogen functional groups attached to an aromatic ring is 1. The number of aromatic nitrogens is 1. The highest BCUT2D eigenvalue weighted by molar-refractivity contribution is 9.10. The Labute approximate surface area is 108 Å². The number of anilines is 1. The molecule has 1 aromatic heterocycles. The maximum absolute atomic E-state index is 12.0. The SMILES string of the molecule is CN(C)C(=O)c1nccc2c(N)cc(Br)cc12. The van der Waals surface area contributed by atoms with Gasteiger partial charge < -0.3 is 10.6 Å². The van der Waals surface area contributed by atoms with Gasteiger partial charge in [0.25, 0.3) is 5.91 Å². The molecule has 88 valence electrons. The molecular formula is C12H12BrN3O. The molecule has 0 fully saturated rings. The molecule has 0 radical (unpaired) electrons. The molecule has 0 spiro atoms. The van der Waals surface area contributed by atoms with Gasteiger partial charge in [-0.3, -0.25) is 9.78 Å². The molecule has 0 unspecified atom stereocenters. The monoisotopic (exact) mass is 293 g/mol. The molecule has 0 aliphatic rings. The fourth-order valence-electron chi connectivity index (χ4n) is 1.66. The van der Waals surface area contributed by atoms with Gasteiger partial charge >= 0.3 is 0 Å². The number of carbonyl (C=O) groups is 1. The van der Waals surface area contributed by atoms with Gasteiger partial charge in [-0.1, -0.05) is 15.9 Å². The quantitative estimate of drug-likeness (QED) is 0.821. The Kier molecular flexibility index (Phi) is 3.02. The summed E-state index contributed by atoms with van der Waals surface area (Å²) in [6.45, 7) is 0. The summed E-state index contributed by atoms with van der Waals surface area (Å²) >= 11 is 3.37. The van der Waals surface area contributed by atoms with Crippen LogP contribution >= 0.6 is 15.9 Å². The van der Waals surface area contributed by atoms with Crippen molar-refractivity contribution in [3.63, 3.8) is 0 Å². The average molecular weight is 294 g/mol. The van der Waals surface area contributed by atoms with Gasteiger partial charge in [0.15, 0.2) is 0 Å². The van der Waals surface area contributed by atoms with Crippen LogP contribution in [-0.2, 0) is 0 Å². The fraction of sp³-hybridized carbons (Fsp3) is 0.167. The number of halogens is 1. The van der Waals surface area contributed by atoms with Gasteiger partial charge in [-0.15, -0.1) is 0 Å². The summed E-state index contributed by atoms with van der Waals surface area (Å²) in [5, 5.41) is 1.60. The lowest BCUT2D eigenvalue weighted by molar-refractivity contribution is 0.0824. The molecular weight excluding hydrogens is 282 g/mol. The van der Waals surface area contributed by atoms with Gasteiger partial charge in [0, 0.05) is 41.2 Å². The minimum absolute atomic E-state index is 0.131. The first-order chi connectivity index (χ1) is 8.00. The van der Waals surface area contributed by atoms with Crippen molar-refractivity contribution in [1.82, 2.24) is 9.88 Å². The highest BCUT2D eigenvalue weighted by atomic mass is 79.9. The standard InChI is InChI=1S/C12H12BrN3O/c1-16(2)12(17)11-9-5-7(13)6-10(14)8(9)3-4-15-11/h3-6H,14H2,1-2H3. The first-order valence-electron chi connectivity index (χ1n) is 5.06. The predicted octanol–water partition coefficient (Wildman–Crippen LogP) is 2.28. The van der Waals surface area contributed by atoms with Crippen LogP contribution in [0.3, 0.4) is 0 Å². The zero-order valence-electron chi connectivity index (χ0n) is 9.57. The molecule has 0 saturated carbocycles. The van der Waals surface area contributed by atoms with Crippen molar-refractivity contribution in [2.45, 2.75) is 0 Å². The van der Waals surface area contributed by atoms with Crippen molar-refractivity contribution in [3.05, 3.63) is 34.6 Å². The number of rotatable bonds is 1. The summed E-state index contributed by atoms with van der Waals surface area (Å²) in [5.74, 6) is -0.131. The number of carbonyl (C=O) groups excluding carboxylic acids is 1. The van der Waals surface area contributed by atoms with Crippen LogP contribution in [0.2, 0.25) is 0 Å². The van der Waals surface area contributed by atoms with E-state index >= 15 is 0 Å². The number of nitrogens with zero attached hydrogens (tertiary/aromatic N) is 2. The van der Waals surface area contributed by atoms with Crippen LogP contribution in [0.25, 0.3) is 10.8 Å². The van der Waals surface area contributed by atoms with Crippen molar-refractivity contribution in [3.8, 4) is 0 Å². The van der Waals surface area contributed by atoms with Gasteiger partial charge in [-0.2, -0.15) is 0 Å². The Morgan fingerprint density at radius 2 is 2.06 bits per heavy atom. The van der Waals surface area contributed by atoms with Crippen molar-refractivity contribution in [2.75, 3.05) is 19.8 Å². The van der Waals surface area contributed by atoms with E-state index in [-0.39, 0.29) is 5.91 Å². The second kappa shape index (κ2) is 4.33. The largest absolute Gasteiger partial charge is 0.398 e. The van der Waals surface area contributed by atoms with Gasteiger partial charge in [-0.05, 0) is 18.2 Å². The molecule has 4 nitrogen and oxygen atoms in total. The van der Waals surface area contributed by atoms with Crippen LogP contribution < -0.4 is 5.73 Å². The van der Waals surface area contributed by atoms with E-state index in [4.69, 9.17) is 5.73 Å². The van der Waals surface area contributed by atoms with Crippen LogP contribution in [0.15, 0.2) is 28.9 Å². The van der Waals surface area contributed by atoms with E-state index in [1.165, 1.54) is 4.90 Å². The van der Waals surface area contributed by atoms with Crippen LogP contribution in [0.5, 0.6) is 0 Å². The second-order valence-corrected chi connectivity index (χ2v) is 4.86. The van der Waals surface area contributed by atoms with E-state index in [2.05, 4.69) is 20.9 Å². The summed E-state index contributed by atoms with van der Waals surface area (Å²) in [4.78, 5) is 17.6. The highest BCUT2D eigenvalue weighted by Gasteiger charge is 2.14. The van der Waals surface area contributed by atoms with Gasteiger partial charge in [-0.25, -0.2) is 0 Å². The Morgan fingerprint density at radius 1 is 1.35 bits per heavy atom. The molecule has 0 aliphatic heterocycles. The zero-order valence-corrected chi connectivity index (χ0v) is 11.2. The van der Waals surface area contributed by atoms with Gasteiger partial charge in [0.1, 0.15) is 5.69 Å². The Morgan fingerprint density at radius 3 is 2.71 bits per heavy atom. The highest BCUT2D eigenvalue weighted by Crippen LogP contribution is 2.27. The number of hydrogen-bond donors (Lipinski definition) is 1. The van der Waals surface area contributed by atoms with Crippen molar-refractivity contribution in [1.29, 1.82) is 0 Å². The third-order valence-corrected chi connectivity index (χ3v) is 2.94. The average Bonchev–Trinajstić information content (AvgIpc) is 2.27.